The summed E-state index contributed by atoms with van der Waals surface area (Å²) >= 11 is 3.18. The normalized spacial score (nSPS) is 11.2. The molecule has 10 heteroatoms. The van der Waals surface area contributed by atoms with Gasteiger partial charge in [0.25, 0.3) is 5.89 Å². The number of hydrogen-bond acceptors (Lipinski definition) is 6. The standard InChI is InChI=1S/C15H9BrF2N6O/c16-7-1-2-10(9(17)5-7)21-12-8(14-22-23-15(19)25-14)6-24-4-3-20-13(24)11(12)18/h1-6,21H,(H2,19,23). The van der Waals surface area contributed by atoms with Crippen molar-refractivity contribution < 1.29 is 13.2 Å². The molecule has 25 heavy (non-hydrogen) atoms. The van der Waals surface area contributed by atoms with Gasteiger partial charge in [-0.1, -0.05) is 21.0 Å². The van der Waals surface area contributed by atoms with Crippen LogP contribution in [0.1, 0.15) is 0 Å². The van der Waals surface area contributed by atoms with Crippen molar-refractivity contribution in [2.24, 2.45) is 0 Å². The van der Waals surface area contributed by atoms with Crippen molar-refractivity contribution in [3.05, 3.63) is 52.9 Å². The first-order chi connectivity index (χ1) is 12.0. The molecular formula is C15H9BrF2N6O. The number of pyridine rings is 1. The Morgan fingerprint density at radius 1 is 1.24 bits per heavy atom. The Hall–Kier alpha value is -3.01. The van der Waals surface area contributed by atoms with Gasteiger partial charge in [-0.3, -0.25) is 0 Å². The number of rotatable bonds is 3. The monoisotopic (exact) mass is 406 g/mol. The second-order valence-corrected chi connectivity index (χ2v) is 6.00. The summed E-state index contributed by atoms with van der Waals surface area (Å²) in [5, 5.41) is 10.1. The molecule has 3 heterocycles. The predicted octanol–water partition coefficient (Wildman–Crippen LogP) is 3.75. The van der Waals surface area contributed by atoms with E-state index in [2.05, 4.69) is 36.4 Å². The third kappa shape index (κ3) is 2.70. The average molecular weight is 407 g/mol. The first kappa shape index (κ1) is 15.5. The molecule has 0 radical (unpaired) electrons. The zero-order chi connectivity index (χ0) is 17.6. The maximum atomic E-state index is 15.0. The fraction of sp³-hybridized carbons (Fsp3) is 0. The van der Waals surface area contributed by atoms with E-state index >= 15 is 0 Å². The number of nitrogens with two attached hydrogens (primary N) is 1. The summed E-state index contributed by atoms with van der Waals surface area (Å²) in [5.41, 5.74) is 5.76. The molecule has 0 aliphatic heterocycles. The van der Waals surface area contributed by atoms with Crippen LogP contribution in [0.15, 0.2) is 45.7 Å². The van der Waals surface area contributed by atoms with Gasteiger partial charge in [-0.25, -0.2) is 13.8 Å². The van der Waals surface area contributed by atoms with Crippen molar-refractivity contribution in [1.82, 2.24) is 19.6 Å². The van der Waals surface area contributed by atoms with Crippen LogP contribution >= 0.6 is 15.9 Å². The Bertz CT molecular complexity index is 1090. The number of nitrogen functional groups attached to an aromatic ring is 1. The van der Waals surface area contributed by atoms with Crippen molar-refractivity contribution in [3.63, 3.8) is 0 Å². The minimum atomic E-state index is -0.693. The number of nitrogens with zero attached hydrogens (tertiary/aromatic N) is 4. The Kier molecular flexibility index (Phi) is 3.61. The van der Waals surface area contributed by atoms with E-state index in [9.17, 15) is 8.78 Å². The van der Waals surface area contributed by atoms with E-state index in [1.807, 2.05) is 0 Å². The molecule has 0 aliphatic rings. The van der Waals surface area contributed by atoms with Gasteiger partial charge in [0, 0.05) is 23.1 Å². The lowest BCUT2D eigenvalue weighted by Crippen LogP contribution is -2.03. The van der Waals surface area contributed by atoms with Gasteiger partial charge in [-0.05, 0) is 18.2 Å². The van der Waals surface area contributed by atoms with Crippen LogP contribution in [0.25, 0.3) is 17.1 Å². The predicted molar refractivity (Wildman–Crippen MR) is 90.2 cm³/mol. The Labute approximate surface area is 147 Å². The van der Waals surface area contributed by atoms with Gasteiger partial charge in [-0.2, -0.15) is 0 Å². The number of hydrogen-bond donors (Lipinski definition) is 2. The average Bonchev–Trinajstić information content (AvgIpc) is 3.20. The van der Waals surface area contributed by atoms with Crippen molar-refractivity contribution in [3.8, 4) is 11.5 Å². The molecule has 0 atom stereocenters. The molecule has 1 aromatic carbocycles. The molecule has 0 saturated carbocycles. The fourth-order valence-electron chi connectivity index (χ4n) is 2.37. The summed E-state index contributed by atoms with van der Waals surface area (Å²) in [4.78, 5) is 3.95. The summed E-state index contributed by atoms with van der Waals surface area (Å²) in [7, 11) is 0. The summed E-state index contributed by atoms with van der Waals surface area (Å²) in [6.45, 7) is 0. The van der Waals surface area contributed by atoms with E-state index in [1.165, 1.54) is 28.9 Å². The molecule has 0 aliphatic carbocycles. The first-order valence-electron chi connectivity index (χ1n) is 6.99. The lowest BCUT2D eigenvalue weighted by Gasteiger charge is -2.13. The van der Waals surface area contributed by atoms with Crippen LogP contribution in [-0.4, -0.2) is 19.6 Å². The van der Waals surface area contributed by atoms with E-state index in [0.717, 1.165) is 0 Å². The van der Waals surface area contributed by atoms with Crippen LogP contribution in [0.3, 0.4) is 0 Å². The number of aromatic nitrogens is 4. The number of benzene rings is 1. The van der Waals surface area contributed by atoms with Crippen molar-refractivity contribution in [2.45, 2.75) is 0 Å². The smallest absolute Gasteiger partial charge is 0.313 e. The minimum Gasteiger partial charge on any atom is -0.403 e. The maximum Gasteiger partial charge on any atom is 0.313 e. The lowest BCUT2D eigenvalue weighted by atomic mass is 10.2. The molecule has 4 aromatic rings. The summed E-state index contributed by atoms with van der Waals surface area (Å²) in [5.74, 6) is -1.26. The van der Waals surface area contributed by atoms with E-state index in [0.29, 0.717) is 4.47 Å². The van der Waals surface area contributed by atoms with Gasteiger partial charge in [0.2, 0.25) is 0 Å². The SMILES string of the molecule is Nc1nnc(-c2cn3ccnc3c(F)c2Nc2ccc(Br)cc2F)o1. The third-order valence-corrected chi connectivity index (χ3v) is 3.98. The van der Waals surface area contributed by atoms with Gasteiger partial charge in [0.1, 0.15) is 5.82 Å². The number of anilines is 3. The molecule has 3 aromatic heterocycles. The number of halogens is 3. The highest BCUT2D eigenvalue weighted by Crippen LogP contribution is 2.35. The molecule has 7 nitrogen and oxygen atoms in total. The van der Waals surface area contributed by atoms with Gasteiger partial charge in [0.05, 0.1) is 16.9 Å². The van der Waals surface area contributed by atoms with Gasteiger partial charge in [-0.15, -0.1) is 5.10 Å². The Morgan fingerprint density at radius 2 is 2.08 bits per heavy atom. The number of imidazole rings is 1. The van der Waals surface area contributed by atoms with Gasteiger partial charge in [0.15, 0.2) is 11.5 Å². The van der Waals surface area contributed by atoms with Crippen LogP contribution in [-0.2, 0) is 0 Å². The topological polar surface area (TPSA) is 94.3 Å². The highest BCUT2D eigenvalue weighted by atomic mass is 79.9. The van der Waals surface area contributed by atoms with Crippen molar-refractivity contribution in [1.29, 1.82) is 0 Å². The first-order valence-corrected chi connectivity index (χ1v) is 7.79. The fourth-order valence-corrected chi connectivity index (χ4v) is 2.71. The second kappa shape index (κ2) is 5.81. The van der Waals surface area contributed by atoms with Crippen molar-refractivity contribution >= 4 is 39.0 Å². The molecule has 0 amide bonds. The van der Waals surface area contributed by atoms with Crippen LogP contribution in [0, 0.1) is 11.6 Å². The zero-order valence-corrected chi connectivity index (χ0v) is 14.0. The second-order valence-electron chi connectivity index (χ2n) is 5.08. The van der Waals surface area contributed by atoms with Crippen LogP contribution in [0.4, 0.5) is 26.2 Å². The van der Waals surface area contributed by atoms with Gasteiger partial charge >= 0.3 is 6.01 Å². The molecule has 3 N–H and O–H groups in total. The molecule has 0 unspecified atom stereocenters. The minimum absolute atomic E-state index is 0.00739. The highest BCUT2D eigenvalue weighted by Gasteiger charge is 2.21. The van der Waals surface area contributed by atoms with E-state index in [-0.39, 0.29) is 34.5 Å². The van der Waals surface area contributed by atoms with E-state index in [1.54, 1.807) is 12.3 Å². The maximum absolute atomic E-state index is 15.0. The quantitative estimate of drug-likeness (QED) is 0.537. The molecule has 0 bridgehead atoms. The number of nitrogens with one attached hydrogen (secondary N) is 1. The van der Waals surface area contributed by atoms with Crippen LogP contribution < -0.4 is 11.1 Å². The van der Waals surface area contributed by atoms with Gasteiger partial charge < -0.3 is 19.9 Å². The Morgan fingerprint density at radius 3 is 2.80 bits per heavy atom. The van der Waals surface area contributed by atoms with Crippen molar-refractivity contribution in [2.75, 3.05) is 11.1 Å². The molecule has 4 rings (SSSR count). The lowest BCUT2D eigenvalue weighted by molar-refractivity contribution is 0.587. The van der Waals surface area contributed by atoms with E-state index < -0.39 is 11.6 Å². The third-order valence-electron chi connectivity index (χ3n) is 3.48. The number of fused-ring (bicyclic) bond motifs is 1. The van der Waals surface area contributed by atoms with E-state index in [4.69, 9.17) is 10.2 Å². The molecule has 126 valence electrons. The Balaban J connectivity index is 1.92. The summed E-state index contributed by atoms with van der Waals surface area (Å²) < 4.78 is 36.3. The highest BCUT2D eigenvalue weighted by molar-refractivity contribution is 9.10. The van der Waals surface area contributed by atoms with Crippen LogP contribution in [0.2, 0.25) is 0 Å². The molecule has 0 spiro atoms. The zero-order valence-electron chi connectivity index (χ0n) is 12.4. The van der Waals surface area contributed by atoms with Crippen LogP contribution in [0.5, 0.6) is 0 Å². The summed E-state index contributed by atoms with van der Waals surface area (Å²) in [6.07, 6.45) is 4.54. The molecule has 0 fully saturated rings. The molecule has 0 saturated heterocycles. The summed E-state index contributed by atoms with van der Waals surface area (Å²) in [6, 6.07) is 4.20. The largest absolute Gasteiger partial charge is 0.403 e. The molecular weight excluding hydrogens is 398 g/mol.